The molecule has 0 aliphatic carbocycles. The molecule has 5 heterocycles. The number of rotatable bonds is 21. The molecule has 0 N–H and O–H groups in total. The summed E-state index contributed by atoms with van der Waals surface area (Å²) < 4.78 is 2.50. The van der Waals surface area contributed by atoms with E-state index in [9.17, 15) is 0 Å². The smallest absolute Gasteiger partial charge is 0.179 e. The number of nitrogens with zero attached hydrogens (tertiary/aromatic N) is 7. The monoisotopic (exact) mass is 1940 g/mol. The molecule has 0 bridgehead atoms. The van der Waals surface area contributed by atoms with E-state index >= 15 is 0 Å². The van der Waals surface area contributed by atoms with Gasteiger partial charge in [-0.15, -0.1) is 0 Å². The average Bonchev–Trinajstić information content (AvgIpc) is 1.44. The lowest BCUT2D eigenvalue weighted by Crippen LogP contribution is -2.74. The molecular formula is C139H115N7Si2. The zero-order valence-electron chi connectivity index (χ0n) is 80.9. The van der Waals surface area contributed by atoms with Crippen LogP contribution in [0.5, 0.6) is 0 Å². The summed E-state index contributed by atoms with van der Waals surface area (Å²) in [5.74, 6) is 1.93. The molecule has 0 fully saturated rings. The van der Waals surface area contributed by atoms with Crippen molar-refractivity contribution in [3.8, 4) is 140 Å². The minimum atomic E-state index is -2.81. The second-order valence-corrected chi connectivity index (χ2v) is 45.3. The molecule has 0 aliphatic rings. The molecule has 9 heteroatoms. The van der Waals surface area contributed by atoms with E-state index in [0.29, 0.717) is 17.5 Å². The molecule has 0 unspecified atom stereocenters. The summed E-state index contributed by atoms with van der Waals surface area (Å²) in [6.07, 6.45) is 11.2. The molecule has 24 rings (SSSR count). The van der Waals surface area contributed by atoms with Crippen LogP contribution in [-0.4, -0.2) is 50.6 Å². The molecule has 0 aliphatic heterocycles. The summed E-state index contributed by atoms with van der Waals surface area (Å²) in [5.41, 5.74) is 28.3. The zero-order chi connectivity index (χ0) is 97.7. The maximum absolute atomic E-state index is 5.03. The highest BCUT2D eigenvalue weighted by Crippen LogP contribution is 2.41. The number of hydrogen-bond donors (Lipinski definition) is 0. The summed E-state index contributed by atoms with van der Waals surface area (Å²) in [7, 11) is -5.62. The van der Waals surface area contributed by atoms with E-state index in [2.05, 4.69) is 538 Å². The van der Waals surface area contributed by atoms with Crippen molar-refractivity contribution in [2.75, 3.05) is 0 Å². The summed E-state index contributed by atoms with van der Waals surface area (Å²) in [5, 5.41) is 13.5. The molecule has 19 aromatic carbocycles. The van der Waals surface area contributed by atoms with Gasteiger partial charge in [0.25, 0.3) is 0 Å². The van der Waals surface area contributed by atoms with Crippen molar-refractivity contribution in [1.29, 1.82) is 0 Å². The number of pyridine rings is 3. The van der Waals surface area contributed by atoms with Gasteiger partial charge in [0.05, 0.1) is 11.0 Å². The van der Waals surface area contributed by atoms with Crippen molar-refractivity contribution in [3.05, 3.63) is 577 Å². The van der Waals surface area contributed by atoms with Crippen molar-refractivity contribution < 1.29 is 0 Å². The predicted molar refractivity (Wildman–Crippen MR) is 632 cm³/mol. The van der Waals surface area contributed by atoms with Gasteiger partial charge < -0.3 is 4.57 Å². The van der Waals surface area contributed by atoms with E-state index in [-0.39, 0.29) is 27.7 Å². The third-order valence-electron chi connectivity index (χ3n) is 27.7. The highest BCUT2D eigenvalue weighted by Gasteiger charge is 2.44. The van der Waals surface area contributed by atoms with Crippen molar-refractivity contribution >= 4 is 79.4 Å². The van der Waals surface area contributed by atoms with Gasteiger partial charge in [-0.2, -0.15) is 0 Å². The summed E-state index contributed by atoms with van der Waals surface area (Å²) in [6.45, 7) is 6.86. The number of fused-ring (bicyclic) bond motifs is 3. The lowest BCUT2D eigenvalue weighted by atomic mass is 9.87. The van der Waals surface area contributed by atoms with Gasteiger partial charge in [-0.05, 0) is 233 Å². The second kappa shape index (κ2) is 44.8. The molecule has 148 heavy (non-hydrogen) atoms. The molecule has 7 nitrogen and oxygen atoms in total. The van der Waals surface area contributed by atoms with Crippen LogP contribution in [0.3, 0.4) is 0 Å². The summed E-state index contributed by atoms with van der Waals surface area (Å²) >= 11 is 0. The fourth-order valence-electron chi connectivity index (χ4n) is 20.5. The van der Waals surface area contributed by atoms with Crippen molar-refractivity contribution in [2.45, 2.75) is 48.5 Å². The Bertz CT molecular complexity index is 7430. The number of aromatic nitrogens is 7. The maximum Gasteiger partial charge on any atom is 0.179 e. The van der Waals surface area contributed by atoms with Crippen LogP contribution in [-0.2, 0) is 5.41 Å². The molecule has 0 amide bonds. The number of hydrogen-bond acceptors (Lipinski definition) is 6. The van der Waals surface area contributed by atoms with Crippen LogP contribution in [0.25, 0.3) is 162 Å². The Morgan fingerprint density at radius 3 is 0.628 bits per heavy atom. The van der Waals surface area contributed by atoms with Crippen LogP contribution in [0.1, 0.15) is 48.6 Å². The van der Waals surface area contributed by atoms with Gasteiger partial charge in [-0.25, -0.2) is 15.0 Å². The van der Waals surface area contributed by atoms with Crippen molar-refractivity contribution in [2.24, 2.45) is 0 Å². The van der Waals surface area contributed by atoms with Crippen molar-refractivity contribution in [1.82, 2.24) is 34.5 Å². The lowest BCUT2D eigenvalue weighted by Gasteiger charge is -2.34. The molecule has 0 radical (unpaired) electrons. The third-order valence-corrected chi connectivity index (χ3v) is 37.2. The van der Waals surface area contributed by atoms with E-state index in [1.807, 2.05) is 73.6 Å². The van der Waals surface area contributed by atoms with E-state index < -0.39 is 16.1 Å². The fraction of sp³-hybridized carbons (Fsp3) is 0.0504. The Morgan fingerprint density at radius 2 is 0.385 bits per heavy atom. The molecule has 0 saturated carbocycles. The number of benzene rings is 19. The Morgan fingerprint density at radius 1 is 0.176 bits per heavy atom. The Hall–Kier alpha value is -18.1. The first-order chi connectivity index (χ1) is 71.5. The largest absolute Gasteiger partial charge is 0.309 e. The van der Waals surface area contributed by atoms with Crippen LogP contribution < -0.4 is 41.5 Å². The van der Waals surface area contributed by atoms with Gasteiger partial charge in [0, 0.05) is 87.0 Å². The van der Waals surface area contributed by atoms with E-state index in [1.165, 1.54) is 74.6 Å². The Labute approximate surface area is 872 Å². The SMILES string of the molecule is C.C.C.CC(C)(C)c1ccc(-n2c3ccc([Si](c4ccccc4)(c4ccccc4)c4ccccc4)cc3c3cc([Si](c4ccccc4)(c4ccccc4)c4ccccc4)ccc32)cc1.c1ccc(-c2cccc(-c3nc(-c4cccc(-c5ccccc5)c4)nc(-c4cccc(-c5ccccc5)c4)n3)c2)cc1.c1cncc(-c2cccc(-c3cc(-c4cccc(-c5cccnc5)c4)cc(-c4cccc(-c5cccnc5)c4)c3)c2)c1. The van der Waals surface area contributed by atoms with Gasteiger partial charge in [-0.1, -0.05) is 480 Å². The van der Waals surface area contributed by atoms with E-state index in [1.54, 1.807) is 0 Å². The van der Waals surface area contributed by atoms with Gasteiger partial charge in [0.1, 0.15) is 0 Å². The third kappa shape index (κ3) is 20.6. The van der Waals surface area contributed by atoms with Gasteiger partial charge >= 0.3 is 0 Å². The Kier molecular flexibility index (Phi) is 29.9. The topological polar surface area (TPSA) is 82.3 Å². The quantitative estimate of drug-likeness (QED) is 0.0527. The van der Waals surface area contributed by atoms with Gasteiger partial charge in [-0.3, -0.25) is 15.0 Å². The minimum Gasteiger partial charge on any atom is -0.309 e. The minimum absolute atomic E-state index is 0. The van der Waals surface area contributed by atoms with Crippen LogP contribution in [0, 0.1) is 0 Å². The maximum atomic E-state index is 5.03. The van der Waals surface area contributed by atoms with Crippen LogP contribution in [0.4, 0.5) is 0 Å². The summed E-state index contributed by atoms with van der Waals surface area (Å²) in [6, 6.07) is 193. The van der Waals surface area contributed by atoms with E-state index in [4.69, 9.17) is 15.0 Å². The molecule has 5 aromatic heterocycles. The molecule has 714 valence electrons. The van der Waals surface area contributed by atoms with Crippen LogP contribution in [0.2, 0.25) is 0 Å². The van der Waals surface area contributed by atoms with Gasteiger partial charge in [0.15, 0.2) is 33.6 Å². The standard InChI is InChI=1S/C58H49NSi2.2C39H27N3.3CH4/c1-58(2,3)44-34-36-45(37-35-44)59-56-40-38-52(60(46-22-10-4-11-23-46,47-24-12-5-13-25-47)48-26-14-6-15-27-48)42-54(56)55-43-53(39-41-57(55)59)61(49-28-16-7-17-29-49,50-30-18-8-19-31-50)51-32-20-9-21-33-51;1-7-28(34-13-4-16-40-25-34)19-31(10-1)37-22-38(32-11-2-8-29(20-32)35-14-5-17-41-26-35)24-39(23-37)33-12-3-9-30(21-33)36-15-6-18-42-27-36;1-4-13-28(14-5-1)31-19-10-22-34(25-31)37-40-38(35-23-11-20-32(26-35)29-15-6-2-7-16-29)42-39(41-37)36-24-12-21-33(27-36)30-17-8-3-9-18-30;;;/h4-43H,1-3H3;2*1-27H;3*1H4. The van der Waals surface area contributed by atoms with Crippen molar-refractivity contribution in [3.63, 3.8) is 0 Å². The first-order valence-corrected chi connectivity index (χ1v) is 53.4. The fourth-order valence-corrected chi connectivity index (χ4v) is 30.1. The average molecular weight is 1940 g/mol. The molecule has 0 saturated heterocycles. The molecule has 0 spiro atoms. The van der Waals surface area contributed by atoms with Crippen LogP contribution in [0.15, 0.2) is 571 Å². The second-order valence-electron chi connectivity index (χ2n) is 37.7. The predicted octanol–water partition coefficient (Wildman–Crippen LogP) is 30.5. The highest BCUT2D eigenvalue weighted by atomic mass is 28.3. The highest BCUT2D eigenvalue weighted by molar-refractivity contribution is 7.20. The van der Waals surface area contributed by atoms with Crippen LogP contribution >= 0.6 is 0 Å². The van der Waals surface area contributed by atoms with E-state index in [0.717, 1.165) is 117 Å². The summed E-state index contributed by atoms with van der Waals surface area (Å²) in [4.78, 5) is 28.1. The zero-order valence-corrected chi connectivity index (χ0v) is 82.9. The first-order valence-electron chi connectivity index (χ1n) is 49.4. The first kappa shape index (κ1) is 98.6. The molecular weight excluding hydrogens is 1820 g/mol. The normalized spacial score (nSPS) is 11.2. The molecule has 24 aromatic rings. The molecule has 0 atom stereocenters. The van der Waals surface area contributed by atoms with Gasteiger partial charge in [0.2, 0.25) is 0 Å². The Balaban J connectivity index is 0.000000142. The lowest BCUT2D eigenvalue weighted by molar-refractivity contribution is 0.590.